The highest BCUT2D eigenvalue weighted by atomic mass is 16.5. The summed E-state index contributed by atoms with van der Waals surface area (Å²) in [7, 11) is 0. The van der Waals surface area contributed by atoms with Gasteiger partial charge in [0.25, 0.3) is 5.56 Å². The van der Waals surface area contributed by atoms with E-state index in [4.69, 9.17) is 9.47 Å². The van der Waals surface area contributed by atoms with Crippen LogP contribution in [-0.2, 0) is 29.1 Å². The van der Waals surface area contributed by atoms with Crippen molar-refractivity contribution in [3.8, 4) is 0 Å². The molecule has 1 heterocycles. The second-order valence-corrected chi connectivity index (χ2v) is 8.35. The highest BCUT2D eigenvalue weighted by Crippen LogP contribution is 2.19. The highest BCUT2D eigenvalue weighted by molar-refractivity contribution is 5.97. The van der Waals surface area contributed by atoms with Gasteiger partial charge in [-0.2, -0.15) is 0 Å². The van der Waals surface area contributed by atoms with Crippen LogP contribution in [0.2, 0.25) is 0 Å². The Labute approximate surface area is 207 Å². The summed E-state index contributed by atoms with van der Waals surface area (Å²) in [6, 6.07) is 21.0. The molecule has 2 aromatic carbocycles. The number of Topliss-reactive ketones (excluding diaryl/α,β-unsaturated/α-hetero) is 1. The molecule has 1 atom stereocenters. The molecule has 3 rings (SSSR count). The number of pyridine rings is 1. The van der Waals surface area contributed by atoms with Crippen LogP contribution in [-0.4, -0.2) is 23.6 Å². The van der Waals surface area contributed by atoms with E-state index in [2.05, 4.69) is 13.2 Å². The molecular formula is C30H33NO4. The second kappa shape index (κ2) is 13.4. The van der Waals surface area contributed by atoms with Crippen molar-refractivity contribution in [2.45, 2.75) is 39.0 Å². The number of ether oxygens (including phenoxy) is 2. The lowest BCUT2D eigenvalue weighted by Crippen LogP contribution is -2.32. The predicted octanol–water partition coefficient (Wildman–Crippen LogP) is 5.79. The third kappa shape index (κ3) is 7.22. The van der Waals surface area contributed by atoms with Crippen LogP contribution in [0.25, 0.3) is 6.08 Å². The van der Waals surface area contributed by atoms with Crippen molar-refractivity contribution >= 4 is 11.9 Å². The molecule has 0 aliphatic carbocycles. The molecule has 0 N–H and O–H groups in total. The number of carbonyl (C=O) groups excluding carboxylic acids is 1. The molecule has 35 heavy (non-hydrogen) atoms. The second-order valence-electron chi connectivity index (χ2n) is 8.35. The number of ketones is 1. The van der Waals surface area contributed by atoms with Crippen molar-refractivity contribution in [1.29, 1.82) is 0 Å². The van der Waals surface area contributed by atoms with E-state index >= 15 is 0 Å². The largest absolute Gasteiger partial charge is 0.377 e. The third-order valence-electron chi connectivity index (χ3n) is 5.77. The lowest BCUT2D eigenvalue weighted by atomic mass is 10.0. The lowest BCUT2D eigenvalue weighted by molar-refractivity contribution is 0.0988. The molecule has 0 amide bonds. The Morgan fingerprint density at radius 1 is 0.971 bits per heavy atom. The van der Waals surface area contributed by atoms with Gasteiger partial charge in [0.05, 0.1) is 31.6 Å². The molecule has 0 bridgehead atoms. The van der Waals surface area contributed by atoms with Gasteiger partial charge in [-0.3, -0.25) is 14.2 Å². The first-order chi connectivity index (χ1) is 17.0. The standard InChI is InChI=1S/C30H33NO4/c1-4-27(22-35-21-25-15-10-7-11-16-25)31-29(5-2)28(23(3)32)19-26(30(31)33)17-12-18-34-20-24-13-8-6-9-14-24/h4-11,13-16,19,27H,1-2,12,17-18,20-22H2,3H3/t27-/m0/s1. The zero-order valence-electron chi connectivity index (χ0n) is 20.3. The van der Waals surface area contributed by atoms with Crippen molar-refractivity contribution in [3.63, 3.8) is 0 Å². The number of benzene rings is 2. The van der Waals surface area contributed by atoms with Gasteiger partial charge in [-0.05, 0) is 43.0 Å². The van der Waals surface area contributed by atoms with E-state index in [1.807, 2.05) is 60.7 Å². The summed E-state index contributed by atoms with van der Waals surface area (Å²) >= 11 is 0. The summed E-state index contributed by atoms with van der Waals surface area (Å²) in [6.45, 7) is 11.0. The summed E-state index contributed by atoms with van der Waals surface area (Å²) < 4.78 is 13.3. The molecule has 0 spiro atoms. The number of hydrogen-bond donors (Lipinski definition) is 0. The summed E-state index contributed by atoms with van der Waals surface area (Å²) in [4.78, 5) is 25.9. The van der Waals surface area contributed by atoms with Crippen LogP contribution in [0.3, 0.4) is 0 Å². The number of aryl methyl sites for hydroxylation is 1. The molecule has 0 aliphatic heterocycles. The average molecular weight is 472 g/mol. The minimum absolute atomic E-state index is 0.122. The van der Waals surface area contributed by atoms with E-state index in [0.717, 1.165) is 11.1 Å². The van der Waals surface area contributed by atoms with E-state index in [0.29, 0.717) is 49.5 Å². The Bertz CT molecular complexity index is 1180. The fourth-order valence-corrected chi connectivity index (χ4v) is 3.95. The SMILES string of the molecule is C=Cc1c(C(C)=O)cc(CCCOCc2ccccc2)c(=O)n1[C@@H](C=C)COCc1ccccc1. The van der Waals surface area contributed by atoms with Gasteiger partial charge in [-0.1, -0.05) is 73.3 Å². The van der Waals surface area contributed by atoms with Crippen LogP contribution in [0.5, 0.6) is 0 Å². The monoisotopic (exact) mass is 471 g/mol. The van der Waals surface area contributed by atoms with E-state index < -0.39 is 6.04 Å². The predicted molar refractivity (Wildman–Crippen MR) is 141 cm³/mol. The minimum Gasteiger partial charge on any atom is -0.377 e. The highest BCUT2D eigenvalue weighted by Gasteiger charge is 2.20. The number of aromatic nitrogens is 1. The van der Waals surface area contributed by atoms with E-state index in [9.17, 15) is 9.59 Å². The Morgan fingerprint density at radius 2 is 1.57 bits per heavy atom. The molecule has 182 valence electrons. The smallest absolute Gasteiger partial charge is 0.254 e. The normalized spacial score (nSPS) is 11.7. The molecule has 0 fully saturated rings. The average Bonchev–Trinajstić information content (AvgIpc) is 2.88. The summed E-state index contributed by atoms with van der Waals surface area (Å²) in [6.07, 6.45) is 4.39. The Morgan fingerprint density at radius 3 is 2.11 bits per heavy atom. The minimum atomic E-state index is -0.438. The van der Waals surface area contributed by atoms with Crippen molar-refractivity contribution < 1.29 is 14.3 Å². The maximum atomic E-state index is 13.5. The van der Waals surface area contributed by atoms with E-state index in [-0.39, 0.29) is 17.9 Å². The fourth-order valence-electron chi connectivity index (χ4n) is 3.95. The van der Waals surface area contributed by atoms with Crippen molar-refractivity contribution in [2.24, 2.45) is 0 Å². The topological polar surface area (TPSA) is 57.5 Å². The molecule has 5 nitrogen and oxygen atoms in total. The van der Waals surface area contributed by atoms with Crippen LogP contribution < -0.4 is 5.56 Å². The van der Waals surface area contributed by atoms with Crippen molar-refractivity contribution in [2.75, 3.05) is 13.2 Å². The first-order valence-corrected chi connectivity index (χ1v) is 11.8. The molecule has 1 aromatic heterocycles. The van der Waals surface area contributed by atoms with Gasteiger partial charge in [0.1, 0.15) is 0 Å². The molecular weight excluding hydrogens is 438 g/mol. The fraction of sp³-hybridized carbons (Fsp3) is 0.267. The zero-order valence-corrected chi connectivity index (χ0v) is 20.3. The van der Waals surface area contributed by atoms with Gasteiger partial charge in [-0.15, -0.1) is 6.58 Å². The first-order valence-electron chi connectivity index (χ1n) is 11.8. The molecule has 0 aliphatic rings. The van der Waals surface area contributed by atoms with Gasteiger partial charge < -0.3 is 9.47 Å². The Kier molecular flexibility index (Phi) is 9.96. The summed E-state index contributed by atoms with van der Waals surface area (Å²) in [5.41, 5.74) is 3.50. The van der Waals surface area contributed by atoms with Crippen LogP contribution in [0.15, 0.2) is 90.8 Å². The van der Waals surface area contributed by atoms with Crippen LogP contribution in [0.1, 0.15) is 52.1 Å². The third-order valence-corrected chi connectivity index (χ3v) is 5.77. The maximum Gasteiger partial charge on any atom is 0.254 e. The lowest BCUT2D eigenvalue weighted by Gasteiger charge is -2.22. The van der Waals surface area contributed by atoms with Crippen LogP contribution >= 0.6 is 0 Å². The maximum absolute atomic E-state index is 13.5. The van der Waals surface area contributed by atoms with Gasteiger partial charge in [-0.25, -0.2) is 0 Å². The molecule has 0 saturated carbocycles. The van der Waals surface area contributed by atoms with Gasteiger partial charge in [0, 0.05) is 17.7 Å². The number of rotatable bonds is 14. The van der Waals surface area contributed by atoms with Crippen molar-refractivity contribution in [1.82, 2.24) is 4.57 Å². The molecule has 5 heteroatoms. The van der Waals surface area contributed by atoms with Gasteiger partial charge >= 0.3 is 0 Å². The van der Waals surface area contributed by atoms with Crippen molar-refractivity contribution in [3.05, 3.63) is 124 Å². The van der Waals surface area contributed by atoms with Gasteiger partial charge in [0.2, 0.25) is 0 Å². The van der Waals surface area contributed by atoms with Crippen LogP contribution in [0.4, 0.5) is 0 Å². The molecule has 3 aromatic rings. The number of hydrogen-bond acceptors (Lipinski definition) is 4. The van der Waals surface area contributed by atoms with Gasteiger partial charge in [0.15, 0.2) is 5.78 Å². The Hall–Kier alpha value is -3.54. The first kappa shape index (κ1) is 26.1. The van der Waals surface area contributed by atoms with E-state index in [1.165, 1.54) is 6.92 Å². The quantitative estimate of drug-likeness (QED) is 0.170. The van der Waals surface area contributed by atoms with E-state index in [1.54, 1.807) is 22.8 Å². The summed E-state index contributed by atoms with van der Waals surface area (Å²) in [5.74, 6) is -0.122. The molecule has 0 saturated heterocycles. The number of nitrogens with zero attached hydrogens (tertiary/aromatic N) is 1. The zero-order chi connectivity index (χ0) is 25.0. The number of carbonyl (C=O) groups is 1. The molecule has 0 unspecified atom stereocenters. The Balaban J connectivity index is 1.75. The van der Waals surface area contributed by atoms with Crippen LogP contribution in [0, 0.1) is 0 Å². The molecule has 0 radical (unpaired) electrons. The summed E-state index contributed by atoms with van der Waals surface area (Å²) in [5, 5.41) is 0.